The van der Waals surface area contributed by atoms with E-state index in [2.05, 4.69) is 10.3 Å². The monoisotopic (exact) mass is 275 g/mol. The van der Waals surface area contributed by atoms with Gasteiger partial charge in [0.1, 0.15) is 11.3 Å². The van der Waals surface area contributed by atoms with Gasteiger partial charge in [-0.05, 0) is 25.0 Å². The van der Waals surface area contributed by atoms with Crippen LogP contribution in [0, 0.1) is 0 Å². The van der Waals surface area contributed by atoms with Crippen LogP contribution in [0.15, 0.2) is 30.6 Å². The van der Waals surface area contributed by atoms with E-state index in [0.29, 0.717) is 18.7 Å². The van der Waals surface area contributed by atoms with Gasteiger partial charge in [0, 0.05) is 25.4 Å². The summed E-state index contributed by atoms with van der Waals surface area (Å²) >= 11 is 0. The third-order valence-corrected chi connectivity index (χ3v) is 2.95. The molecule has 0 fully saturated rings. The average Bonchev–Trinajstić information content (AvgIpc) is 2.86. The lowest BCUT2D eigenvalue weighted by Crippen LogP contribution is -2.24. The quantitative estimate of drug-likeness (QED) is 0.753. The van der Waals surface area contributed by atoms with Gasteiger partial charge < -0.3 is 14.8 Å². The van der Waals surface area contributed by atoms with Crippen LogP contribution in [0.1, 0.15) is 36.2 Å². The molecule has 20 heavy (non-hydrogen) atoms. The number of carboxylic acids is 1. The third kappa shape index (κ3) is 3.81. The molecule has 2 heterocycles. The van der Waals surface area contributed by atoms with Crippen molar-refractivity contribution in [1.82, 2.24) is 14.7 Å². The highest BCUT2D eigenvalue weighted by molar-refractivity contribution is 5.92. The fourth-order valence-electron chi connectivity index (χ4n) is 1.91. The largest absolute Gasteiger partial charge is 0.481 e. The molecule has 0 radical (unpaired) electrons. The van der Waals surface area contributed by atoms with E-state index in [9.17, 15) is 9.59 Å². The second-order valence-corrected chi connectivity index (χ2v) is 4.55. The zero-order chi connectivity index (χ0) is 14.4. The van der Waals surface area contributed by atoms with Crippen molar-refractivity contribution in [2.45, 2.75) is 25.7 Å². The van der Waals surface area contributed by atoms with Crippen LogP contribution in [0.4, 0.5) is 0 Å². The highest BCUT2D eigenvalue weighted by atomic mass is 16.4. The number of fused-ring (bicyclic) bond motifs is 1. The van der Waals surface area contributed by atoms with E-state index in [1.54, 1.807) is 10.6 Å². The first-order valence-electron chi connectivity index (χ1n) is 6.60. The smallest absolute Gasteiger partial charge is 0.303 e. The maximum atomic E-state index is 11.9. The molecule has 0 aliphatic rings. The standard InChI is InChI=1S/C14H17N3O3/c18-13(19)7-2-1-4-8-15-14(20)11-10-17-9-5-3-6-12(17)16-11/h3,5-6,9-10H,1-2,4,7-8H2,(H,15,20)(H,18,19). The first kappa shape index (κ1) is 14.0. The fourth-order valence-corrected chi connectivity index (χ4v) is 1.91. The van der Waals surface area contributed by atoms with Gasteiger partial charge in [-0.15, -0.1) is 0 Å². The Morgan fingerprint density at radius 1 is 1.25 bits per heavy atom. The molecule has 0 atom stereocenters. The van der Waals surface area contributed by atoms with Gasteiger partial charge in [-0.1, -0.05) is 12.5 Å². The van der Waals surface area contributed by atoms with E-state index in [4.69, 9.17) is 5.11 Å². The highest BCUT2D eigenvalue weighted by Gasteiger charge is 2.09. The van der Waals surface area contributed by atoms with Crippen molar-refractivity contribution in [2.24, 2.45) is 0 Å². The maximum Gasteiger partial charge on any atom is 0.303 e. The zero-order valence-corrected chi connectivity index (χ0v) is 11.1. The second-order valence-electron chi connectivity index (χ2n) is 4.55. The number of unbranched alkanes of at least 4 members (excludes halogenated alkanes) is 2. The molecule has 0 aromatic carbocycles. The minimum atomic E-state index is -0.779. The second kappa shape index (κ2) is 6.70. The predicted octanol–water partition coefficient (Wildman–Crippen LogP) is 1.71. The van der Waals surface area contributed by atoms with Gasteiger partial charge in [0.15, 0.2) is 0 Å². The van der Waals surface area contributed by atoms with Gasteiger partial charge in [0.2, 0.25) is 0 Å². The molecule has 0 bridgehead atoms. The number of hydrogen-bond donors (Lipinski definition) is 2. The molecule has 0 aliphatic carbocycles. The lowest BCUT2D eigenvalue weighted by molar-refractivity contribution is -0.137. The van der Waals surface area contributed by atoms with Crippen LogP contribution in [-0.2, 0) is 4.79 Å². The van der Waals surface area contributed by atoms with Crippen LogP contribution in [0.2, 0.25) is 0 Å². The van der Waals surface area contributed by atoms with Crippen LogP contribution >= 0.6 is 0 Å². The van der Waals surface area contributed by atoms with Crippen molar-refractivity contribution in [3.05, 3.63) is 36.3 Å². The third-order valence-electron chi connectivity index (χ3n) is 2.95. The summed E-state index contributed by atoms with van der Waals surface area (Å²) in [6.07, 6.45) is 5.91. The number of hydrogen-bond acceptors (Lipinski definition) is 3. The number of amides is 1. The molecule has 0 aliphatic heterocycles. The van der Waals surface area contributed by atoms with Crippen LogP contribution in [0.25, 0.3) is 5.65 Å². The lowest BCUT2D eigenvalue weighted by atomic mass is 10.2. The van der Waals surface area contributed by atoms with E-state index in [0.717, 1.165) is 18.5 Å². The topological polar surface area (TPSA) is 83.7 Å². The van der Waals surface area contributed by atoms with Gasteiger partial charge in [-0.3, -0.25) is 9.59 Å². The SMILES string of the molecule is O=C(O)CCCCCNC(=O)c1cn2ccccc2n1. The minimum Gasteiger partial charge on any atom is -0.481 e. The molecule has 0 saturated carbocycles. The molecule has 106 valence electrons. The first-order chi connectivity index (χ1) is 9.66. The normalized spacial score (nSPS) is 10.6. The van der Waals surface area contributed by atoms with Crippen molar-refractivity contribution in [3.63, 3.8) is 0 Å². The van der Waals surface area contributed by atoms with Gasteiger partial charge >= 0.3 is 5.97 Å². The van der Waals surface area contributed by atoms with E-state index >= 15 is 0 Å². The van der Waals surface area contributed by atoms with Crippen LogP contribution in [0.5, 0.6) is 0 Å². The molecule has 2 rings (SSSR count). The molecule has 0 saturated heterocycles. The van der Waals surface area contributed by atoms with Gasteiger partial charge in [0.25, 0.3) is 5.91 Å². The molecule has 2 N–H and O–H groups in total. The Kier molecular flexibility index (Phi) is 4.70. The summed E-state index contributed by atoms with van der Waals surface area (Å²) in [5.41, 5.74) is 1.13. The maximum absolute atomic E-state index is 11.9. The van der Waals surface area contributed by atoms with Gasteiger partial charge in [-0.2, -0.15) is 0 Å². The molecule has 2 aromatic rings. The van der Waals surface area contributed by atoms with Gasteiger partial charge in [0.05, 0.1) is 0 Å². The first-order valence-corrected chi connectivity index (χ1v) is 6.60. The van der Waals surface area contributed by atoms with Crippen molar-refractivity contribution in [1.29, 1.82) is 0 Å². The summed E-state index contributed by atoms with van der Waals surface area (Å²) in [5.74, 6) is -0.981. The number of aromatic nitrogens is 2. The Balaban J connectivity index is 1.76. The average molecular weight is 275 g/mol. The Morgan fingerprint density at radius 3 is 2.85 bits per heavy atom. The fraction of sp³-hybridized carbons (Fsp3) is 0.357. The van der Waals surface area contributed by atoms with Crippen LogP contribution in [0.3, 0.4) is 0 Å². The lowest BCUT2D eigenvalue weighted by Gasteiger charge is -2.02. The van der Waals surface area contributed by atoms with Crippen LogP contribution in [-0.4, -0.2) is 32.9 Å². The van der Waals surface area contributed by atoms with Crippen LogP contribution < -0.4 is 5.32 Å². The molecular formula is C14H17N3O3. The highest BCUT2D eigenvalue weighted by Crippen LogP contribution is 2.04. The number of carbonyl (C=O) groups excluding carboxylic acids is 1. The summed E-state index contributed by atoms with van der Waals surface area (Å²) in [4.78, 5) is 26.4. The van der Waals surface area contributed by atoms with E-state index < -0.39 is 5.97 Å². The van der Waals surface area contributed by atoms with Crippen molar-refractivity contribution in [3.8, 4) is 0 Å². The summed E-state index contributed by atoms with van der Waals surface area (Å²) in [7, 11) is 0. The number of aliphatic carboxylic acids is 1. The van der Waals surface area contributed by atoms with E-state index in [-0.39, 0.29) is 12.3 Å². The molecular weight excluding hydrogens is 258 g/mol. The Bertz CT molecular complexity index is 573. The van der Waals surface area contributed by atoms with E-state index in [1.807, 2.05) is 24.4 Å². The Morgan fingerprint density at radius 2 is 2.10 bits per heavy atom. The number of pyridine rings is 1. The van der Waals surface area contributed by atoms with Crippen molar-refractivity contribution in [2.75, 3.05) is 6.54 Å². The molecule has 6 nitrogen and oxygen atoms in total. The van der Waals surface area contributed by atoms with Gasteiger partial charge in [-0.25, -0.2) is 4.98 Å². The Hall–Kier alpha value is -2.37. The number of nitrogens with one attached hydrogen (secondary N) is 1. The Labute approximate surface area is 116 Å². The number of carbonyl (C=O) groups is 2. The number of rotatable bonds is 7. The molecule has 2 aromatic heterocycles. The summed E-state index contributed by atoms with van der Waals surface area (Å²) in [5, 5.41) is 11.3. The molecule has 1 amide bonds. The number of carboxylic acid groups (broad SMARTS) is 1. The summed E-state index contributed by atoms with van der Waals surface area (Å²) in [6, 6.07) is 5.58. The van der Waals surface area contributed by atoms with Crippen molar-refractivity contribution < 1.29 is 14.7 Å². The number of imidazole rings is 1. The number of nitrogens with zero attached hydrogens (tertiary/aromatic N) is 2. The molecule has 0 spiro atoms. The zero-order valence-electron chi connectivity index (χ0n) is 11.1. The minimum absolute atomic E-state index is 0.181. The van der Waals surface area contributed by atoms with Crippen molar-refractivity contribution >= 4 is 17.5 Å². The molecule has 0 unspecified atom stereocenters. The summed E-state index contributed by atoms with van der Waals surface area (Å²) in [6.45, 7) is 0.534. The molecule has 6 heteroatoms. The van der Waals surface area contributed by atoms with E-state index in [1.165, 1.54) is 0 Å². The predicted molar refractivity (Wildman–Crippen MR) is 73.6 cm³/mol. The summed E-state index contributed by atoms with van der Waals surface area (Å²) < 4.78 is 1.79.